The van der Waals surface area contributed by atoms with E-state index < -0.39 is 0 Å². The third-order valence-electron chi connectivity index (χ3n) is 3.91. The second kappa shape index (κ2) is 5.29. The summed E-state index contributed by atoms with van der Waals surface area (Å²) in [5.74, 6) is 0.914. The van der Waals surface area contributed by atoms with E-state index in [0.29, 0.717) is 0 Å². The van der Waals surface area contributed by atoms with Gasteiger partial charge < -0.3 is 15.2 Å². The number of hydrogen-bond acceptors (Lipinski definition) is 3. The predicted octanol–water partition coefficient (Wildman–Crippen LogP) is 2.44. The fourth-order valence-corrected chi connectivity index (χ4v) is 2.61. The summed E-state index contributed by atoms with van der Waals surface area (Å²) in [6.45, 7) is 5.03. The van der Waals surface area contributed by atoms with Gasteiger partial charge in [0.15, 0.2) is 0 Å². The van der Waals surface area contributed by atoms with Crippen molar-refractivity contribution in [3.05, 3.63) is 29.3 Å². The Morgan fingerprint density at radius 2 is 2.28 bits per heavy atom. The summed E-state index contributed by atoms with van der Waals surface area (Å²) < 4.78 is 11.2. The molecule has 2 N–H and O–H groups in total. The lowest BCUT2D eigenvalue weighted by Crippen LogP contribution is -2.46. The van der Waals surface area contributed by atoms with Crippen LogP contribution < -0.4 is 10.5 Å². The predicted molar refractivity (Wildman–Crippen MR) is 73.0 cm³/mol. The van der Waals surface area contributed by atoms with Crippen molar-refractivity contribution in [2.24, 2.45) is 5.73 Å². The Morgan fingerprint density at radius 3 is 2.89 bits per heavy atom. The smallest absolute Gasteiger partial charge is 0.122 e. The minimum Gasteiger partial charge on any atom is -0.496 e. The molecule has 1 fully saturated rings. The molecule has 100 valence electrons. The Kier molecular flexibility index (Phi) is 3.93. The molecule has 1 heterocycles. The first kappa shape index (κ1) is 13.4. The van der Waals surface area contributed by atoms with Gasteiger partial charge in [-0.3, -0.25) is 0 Å². The largest absolute Gasteiger partial charge is 0.496 e. The first-order chi connectivity index (χ1) is 8.55. The SMILES string of the molecule is COc1ccc(C)cc1CC(N)C1(C)CCCO1. The highest BCUT2D eigenvalue weighted by Gasteiger charge is 2.36. The maximum Gasteiger partial charge on any atom is 0.122 e. The van der Waals surface area contributed by atoms with E-state index in [4.69, 9.17) is 15.2 Å². The summed E-state index contributed by atoms with van der Waals surface area (Å²) >= 11 is 0. The highest BCUT2D eigenvalue weighted by Crippen LogP contribution is 2.31. The molecule has 0 radical (unpaired) electrons. The van der Waals surface area contributed by atoms with Crippen LogP contribution in [0.25, 0.3) is 0 Å². The van der Waals surface area contributed by atoms with Gasteiger partial charge in [-0.2, -0.15) is 0 Å². The van der Waals surface area contributed by atoms with Crippen LogP contribution in [0.3, 0.4) is 0 Å². The zero-order valence-corrected chi connectivity index (χ0v) is 11.5. The van der Waals surface area contributed by atoms with Crippen molar-refractivity contribution in [1.82, 2.24) is 0 Å². The summed E-state index contributed by atoms with van der Waals surface area (Å²) in [5.41, 5.74) is 8.55. The zero-order valence-electron chi connectivity index (χ0n) is 11.5. The molecule has 18 heavy (non-hydrogen) atoms. The van der Waals surface area contributed by atoms with Gasteiger partial charge in [0.05, 0.1) is 12.7 Å². The molecule has 1 aliphatic rings. The maximum absolute atomic E-state index is 6.34. The highest BCUT2D eigenvalue weighted by molar-refractivity contribution is 5.37. The van der Waals surface area contributed by atoms with Crippen LogP contribution in [0.1, 0.15) is 30.9 Å². The van der Waals surface area contributed by atoms with Crippen molar-refractivity contribution in [2.75, 3.05) is 13.7 Å². The number of hydrogen-bond donors (Lipinski definition) is 1. The molecule has 1 saturated heterocycles. The lowest BCUT2D eigenvalue weighted by molar-refractivity contribution is -0.00101. The van der Waals surface area contributed by atoms with Crippen molar-refractivity contribution < 1.29 is 9.47 Å². The number of benzene rings is 1. The van der Waals surface area contributed by atoms with E-state index in [1.807, 2.05) is 6.07 Å². The minimum absolute atomic E-state index is 0.00991. The number of aryl methyl sites for hydroxylation is 1. The quantitative estimate of drug-likeness (QED) is 0.891. The average molecular weight is 249 g/mol. The monoisotopic (exact) mass is 249 g/mol. The lowest BCUT2D eigenvalue weighted by atomic mass is 9.88. The van der Waals surface area contributed by atoms with Gasteiger partial charge >= 0.3 is 0 Å². The Hall–Kier alpha value is -1.06. The molecular weight excluding hydrogens is 226 g/mol. The number of methoxy groups -OCH3 is 1. The third-order valence-corrected chi connectivity index (χ3v) is 3.91. The van der Waals surface area contributed by atoms with Crippen LogP contribution in [-0.2, 0) is 11.2 Å². The first-order valence-electron chi connectivity index (χ1n) is 6.58. The second-order valence-corrected chi connectivity index (χ2v) is 5.39. The third kappa shape index (κ3) is 2.68. The molecule has 1 aliphatic heterocycles. The molecule has 0 aliphatic carbocycles. The fourth-order valence-electron chi connectivity index (χ4n) is 2.61. The van der Waals surface area contributed by atoms with Crippen molar-refractivity contribution in [3.8, 4) is 5.75 Å². The van der Waals surface area contributed by atoms with E-state index in [1.54, 1.807) is 7.11 Å². The normalized spacial score (nSPS) is 25.1. The maximum atomic E-state index is 6.34. The topological polar surface area (TPSA) is 44.5 Å². The van der Waals surface area contributed by atoms with Gasteiger partial charge in [0.1, 0.15) is 5.75 Å². The Balaban J connectivity index is 2.15. The van der Waals surface area contributed by atoms with Crippen molar-refractivity contribution >= 4 is 0 Å². The van der Waals surface area contributed by atoms with E-state index >= 15 is 0 Å². The van der Waals surface area contributed by atoms with Gasteiger partial charge in [-0.05, 0) is 44.7 Å². The van der Waals surface area contributed by atoms with Crippen LogP contribution in [0.15, 0.2) is 18.2 Å². The van der Waals surface area contributed by atoms with Crippen LogP contribution in [0.2, 0.25) is 0 Å². The van der Waals surface area contributed by atoms with Gasteiger partial charge in [-0.15, -0.1) is 0 Å². The summed E-state index contributed by atoms with van der Waals surface area (Å²) in [4.78, 5) is 0. The molecule has 0 bridgehead atoms. The van der Waals surface area contributed by atoms with Gasteiger partial charge in [0.25, 0.3) is 0 Å². The van der Waals surface area contributed by atoms with E-state index in [9.17, 15) is 0 Å². The molecule has 0 spiro atoms. The number of rotatable bonds is 4. The molecule has 2 atom stereocenters. The van der Waals surface area contributed by atoms with Gasteiger partial charge in [-0.25, -0.2) is 0 Å². The molecule has 0 aromatic heterocycles. The standard InChI is InChI=1S/C15H23NO2/c1-11-5-6-13(17-3)12(9-11)10-14(16)15(2)7-4-8-18-15/h5-6,9,14H,4,7-8,10,16H2,1-3H3. The zero-order chi connectivity index (χ0) is 13.2. The summed E-state index contributed by atoms with van der Waals surface area (Å²) in [6.07, 6.45) is 2.94. The van der Waals surface area contributed by atoms with E-state index in [1.165, 1.54) is 11.1 Å². The number of nitrogens with two attached hydrogens (primary N) is 1. The Labute approximate surface area is 109 Å². The number of ether oxygens (including phenoxy) is 2. The van der Waals surface area contributed by atoms with E-state index in [2.05, 4.69) is 26.0 Å². The summed E-state index contributed by atoms with van der Waals surface area (Å²) in [7, 11) is 1.70. The second-order valence-electron chi connectivity index (χ2n) is 5.39. The lowest BCUT2D eigenvalue weighted by Gasteiger charge is -2.30. The minimum atomic E-state index is -0.186. The first-order valence-corrected chi connectivity index (χ1v) is 6.58. The molecular formula is C15H23NO2. The fraction of sp³-hybridized carbons (Fsp3) is 0.600. The van der Waals surface area contributed by atoms with E-state index in [-0.39, 0.29) is 11.6 Å². The van der Waals surface area contributed by atoms with Crippen LogP contribution >= 0.6 is 0 Å². The van der Waals surface area contributed by atoms with Crippen LogP contribution in [0.5, 0.6) is 5.75 Å². The average Bonchev–Trinajstić information content (AvgIpc) is 2.78. The van der Waals surface area contributed by atoms with Crippen LogP contribution in [-0.4, -0.2) is 25.4 Å². The molecule has 2 rings (SSSR count). The Morgan fingerprint density at radius 1 is 1.50 bits per heavy atom. The van der Waals surface area contributed by atoms with Crippen molar-refractivity contribution in [1.29, 1.82) is 0 Å². The van der Waals surface area contributed by atoms with E-state index in [0.717, 1.165) is 31.6 Å². The molecule has 1 aromatic carbocycles. The van der Waals surface area contributed by atoms with Crippen molar-refractivity contribution in [3.63, 3.8) is 0 Å². The van der Waals surface area contributed by atoms with Gasteiger partial charge in [0.2, 0.25) is 0 Å². The van der Waals surface area contributed by atoms with Gasteiger partial charge in [0, 0.05) is 12.6 Å². The molecule has 0 saturated carbocycles. The Bertz CT molecular complexity index is 411. The molecule has 1 aromatic rings. The van der Waals surface area contributed by atoms with Crippen molar-refractivity contribution in [2.45, 2.75) is 44.8 Å². The molecule has 2 unspecified atom stereocenters. The molecule has 3 heteroatoms. The van der Waals surface area contributed by atoms with Gasteiger partial charge in [-0.1, -0.05) is 17.7 Å². The van der Waals surface area contributed by atoms with Crippen LogP contribution in [0, 0.1) is 6.92 Å². The molecule has 0 amide bonds. The summed E-state index contributed by atoms with van der Waals surface area (Å²) in [5, 5.41) is 0. The highest BCUT2D eigenvalue weighted by atomic mass is 16.5. The summed E-state index contributed by atoms with van der Waals surface area (Å²) in [6, 6.07) is 6.23. The van der Waals surface area contributed by atoms with Crippen LogP contribution in [0.4, 0.5) is 0 Å². The molecule has 3 nitrogen and oxygen atoms in total.